The molecule has 0 radical (unpaired) electrons. The standard InChI is InChI=1S/C5H7FO4/c1-2-5(6,3(7)8)4(9)10/h2H2,1H3,(H,7,8)(H,9,10). The first-order valence-electron chi connectivity index (χ1n) is 2.61. The Kier molecular flexibility index (Phi) is 2.34. The first kappa shape index (κ1) is 8.87. The third-order valence-corrected chi connectivity index (χ3v) is 1.17. The summed E-state index contributed by atoms with van der Waals surface area (Å²) in [6, 6.07) is 0. The number of aliphatic carboxylic acids is 2. The van der Waals surface area contributed by atoms with Gasteiger partial charge < -0.3 is 10.2 Å². The molecule has 0 aliphatic carbocycles. The monoisotopic (exact) mass is 150 g/mol. The Morgan fingerprint density at radius 3 is 1.70 bits per heavy atom. The summed E-state index contributed by atoms with van der Waals surface area (Å²) >= 11 is 0. The summed E-state index contributed by atoms with van der Waals surface area (Å²) < 4.78 is 12.6. The van der Waals surface area contributed by atoms with Crippen LogP contribution in [0.3, 0.4) is 0 Å². The van der Waals surface area contributed by atoms with Gasteiger partial charge in [-0.2, -0.15) is 0 Å². The topological polar surface area (TPSA) is 74.6 Å². The zero-order valence-corrected chi connectivity index (χ0v) is 5.30. The number of carboxylic acid groups (broad SMARTS) is 2. The number of carbonyl (C=O) groups is 2. The maximum absolute atomic E-state index is 12.6. The highest BCUT2D eigenvalue weighted by molar-refractivity contribution is 6.01. The molecular formula is C5H7FO4. The maximum atomic E-state index is 12.6. The Labute approximate surface area is 56.3 Å². The highest BCUT2D eigenvalue weighted by Gasteiger charge is 2.45. The van der Waals surface area contributed by atoms with Crippen LogP contribution in [0.15, 0.2) is 0 Å². The van der Waals surface area contributed by atoms with Crippen molar-refractivity contribution in [1.82, 2.24) is 0 Å². The highest BCUT2D eigenvalue weighted by Crippen LogP contribution is 2.15. The number of carboxylic acids is 2. The number of hydrogen-bond donors (Lipinski definition) is 2. The molecule has 0 aliphatic rings. The van der Waals surface area contributed by atoms with Crippen LogP contribution in [0.25, 0.3) is 0 Å². The van der Waals surface area contributed by atoms with Crippen molar-refractivity contribution < 1.29 is 24.2 Å². The van der Waals surface area contributed by atoms with Gasteiger partial charge in [0.1, 0.15) is 0 Å². The number of rotatable bonds is 3. The molecule has 0 aromatic carbocycles. The second-order valence-corrected chi connectivity index (χ2v) is 1.77. The van der Waals surface area contributed by atoms with Crippen LogP contribution in [-0.2, 0) is 9.59 Å². The lowest BCUT2D eigenvalue weighted by Gasteiger charge is -2.11. The van der Waals surface area contributed by atoms with Crippen LogP contribution in [0, 0.1) is 0 Å². The van der Waals surface area contributed by atoms with E-state index in [1.54, 1.807) is 0 Å². The van der Waals surface area contributed by atoms with E-state index in [0.717, 1.165) is 6.92 Å². The summed E-state index contributed by atoms with van der Waals surface area (Å²) in [5.41, 5.74) is -3.12. The van der Waals surface area contributed by atoms with Gasteiger partial charge in [-0.1, -0.05) is 6.92 Å². The summed E-state index contributed by atoms with van der Waals surface area (Å²) in [6.07, 6.45) is -0.572. The molecule has 0 aromatic rings. The lowest BCUT2D eigenvalue weighted by molar-refractivity contribution is -0.167. The molecule has 0 fully saturated rings. The molecule has 0 unspecified atom stereocenters. The van der Waals surface area contributed by atoms with Crippen LogP contribution < -0.4 is 0 Å². The summed E-state index contributed by atoms with van der Waals surface area (Å²) in [6.45, 7) is 1.15. The Hall–Kier alpha value is -1.13. The van der Waals surface area contributed by atoms with Gasteiger partial charge in [0.15, 0.2) is 0 Å². The van der Waals surface area contributed by atoms with Gasteiger partial charge in [0.05, 0.1) is 0 Å². The van der Waals surface area contributed by atoms with Crippen LogP contribution in [0.1, 0.15) is 13.3 Å². The van der Waals surface area contributed by atoms with Gasteiger partial charge in [0, 0.05) is 6.42 Å². The minimum absolute atomic E-state index is 0.572. The molecule has 0 saturated carbocycles. The lowest BCUT2D eigenvalue weighted by Crippen LogP contribution is -2.41. The maximum Gasteiger partial charge on any atom is 0.353 e. The molecule has 2 N–H and O–H groups in total. The van der Waals surface area contributed by atoms with E-state index in [1.807, 2.05) is 0 Å². The van der Waals surface area contributed by atoms with Gasteiger partial charge in [-0.05, 0) is 0 Å². The molecule has 10 heavy (non-hydrogen) atoms. The van der Waals surface area contributed by atoms with Crippen molar-refractivity contribution in [3.8, 4) is 0 Å². The number of halogens is 1. The molecule has 0 bridgehead atoms. The quantitative estimate of drug-likeness (QED) is 0.566. The first-order chi connectivity index (χ1) is 4.45. The second kappa shape index (κ2) is 2.64. The molecule has 0 atom stereocenters. The van der Waals surface area contributed by atoms with Crippen LogP contribution in [0.4, 0.5) is 4.39 Å². The molecule has 4 nitrogen and oxygen atoms in total. The van der Waals surface area contributed by atoms with Crippen LogP contribution in [0.5, 0.6) is 0 Å². The third-order valence-electron chi connectivity index (χ3n) is 1.17. The normalized spacial score (nSPS) is 11.0. The number of hydrogen-bond acceptors (Lipinski definition) is 2. The van der Waals surface area contributed by atoms with Crippen molar-refractivity contribution in [3.05, 3.63) is 0 Å². The van der Waals surface area contributed by atoms with Crippen LogP contribution in [-0.4, -0.2) is 27.8 Å². The second-order valence-electron chi connectivity index (χ2n) is 1.77. The Bertz CT molecular complexity index is 151. The largest absolute Gasteiger partial charge is 0.478 e. The molecule has 0 aromatic heterocycles. The highest BCUT2D eigenvalue weighted by atomic mass is 19.1. The van der Waals surface area contributed by atoms with Crippen molar-refractivity contribution in [3.63, 3.8) is 0 Å². The lowest BCUT2D eigenvalue weighted by atomic mass is 10.0. The summed E-state index contributed by atoms with van der Waals surface area (Å²) in [5, 5.41) is 16.1. The zero-order valence-electron chi connectivity index (χ0n) is 5.30. The van der Waals surface area contributed by atoms with E-state index < -0.39 is 24.0 Å². The Morgan fingerprint density at radius 2 is 1.70 bits per heavy atom. The molecule has 5 heteroatoms. The van der Waals surface area contributed by atoms with Gasteiger partial charge in [0.25, 0.3) is 0 Å². The van der Waals surface area contributed by atoms with Crippen LogP contribution >= 0.6 is 0 Å². The van der Waals surface area contributed by atoms with Crippen molar-refractivity contribution >= 4 is 11.9 Å². The van der Waals surface area contributed by atoms with E-state index in [0.29, 0.717) is 0 Å². The molecule has 0 heterocycles. The Balaban J connectivity index is 4.55. The van der Waals surface area contributed by atoms with Gasteiger partial charge in [-0.25, -0.2) is 14.0 Å². The van der Waals surface area contributed by atoms with Crippen molar-refractivity contribution in [2.75, 3.05) is 0 Å². The summed E-state index contributed by atoms with van der Waals surface area (Å²) in [5.74, 6) is -3.91. The first-order valence-corrected chi connectivity index (χ1v) is 2.61. The predicted octanol–water partition coefficient (Wildman–Crippen LogP) is 0.274. The van der Waals surface area contributed by atoms with Gasteiger partial charge in [0.2, 0.25) is 0 Å². The van der Waals surface area contributed by atoms with E-state index in [1.165, 1.54) is 0 Å². The fourth-order valence-electron chi connectivity index (χ4n) is 0.394. The minimum atomic E-state index is -3.12. The SMILES string of the molecule is CCC(F)(C(=O)O)C(=O)O. The third kappa shape index (κ3) is 1.23. The van der Waals surface area contributed by atoms with E-state index in [-0.39, 0.29) is 0 Å². The smallest absolute Gasteiger partial charge is 0.353 e. The fraction of sp³-hybridized carbons (Fsp3) is 0.600. The van der Waals surface area contributed by atoms with Crippen molar-refractivity contribution in [1.29, 1.82) is 0 Å². The van der Waals surface area contributed by atoms with Gasteiger partial charge in [-0.15, -0.1) is 0 Å². The summed E-state index contributed by atoms with van der Waals surface area (Å²) in [7, 11) is 0. The Morgan fingerprint density at radius 1 is 1.40 bits per heavy atom. The average molecular weight is 150 g/mol. The van der Waals surface area contributed by atoms with E-state index >= 15 is 0 Å². The predicted molar refractivity (Wildman–Crippen MR) is 29.4 cm³/mol. The van der Waals surface area contributed by atoms with E-state index in [4.69, 9.17) is 10.2 Å². The molecule has 0 saturated heterocycles. The molecule has 0 spiro atoms. The molecular weight excluding hydrogens is 143 g/mol. The van der Waals surface area contributed by atoms with Gasteiger partial charge >= 0.3 is 17.6 Å². The molecule has 58 valence electrons. The summed E-state index contributed by atoms with van der Waals surface area (Å²) in [4.78, 5) is 19.9. The average Bonchev–Trinajstić information content (AvgIpc) is 1.85. The van der Waals surface area contributed by atoms with Gasteiger partial charge in [-0.3, -0.25) is 0 Å². The van der Waals surface area contributed by atoms with E-state index in [2.05, 4.69) is 0 Å². The molecule has 0 rings (SSSR count). The van der Waals surface area contributed by atoms with Crippen molar-refractivity contribution in [2.24, 2.45) is 0 Å². The molecule has 0 amide bonds. The van der Waals surface area contributed by atoms with E-state index in [9.17, 15) is 14.0 Å². The zero-order chi connectivity index (χ0) is 8.36. The minimum Gasteiger partial charge on any atom is -0.478 e. The van der Waals surface area contributed by atoms with Crippen molar-refractivity contribution in [2.45, 2.75) is 19.0 Å². The number of alkyl halides is 1. The molecule has 0 aliphatic heterocycles. The fourth-order valence-corrected chi connectivity index (χ4v) is 0.394. The van der Waals surface area contributed by atoms with Crippen LogP contribution in [0.2, 0.25) is 0 Å².